The summed E-state index contributed by atoms with van der Waals surface area (Å²) in [7, 11) is 0. The number of amides is 1. The van der Waals surface area contributed by atoms with Gasteiger partial charge >= 0.3 is 0 Å². The summed E-state index contributed by atoms with van der Waals surface area (Å²) in [6, 6.07) is 3.67. The first kappa shape index (κ1) is 17.6. The Bertz CT molecular complexity index is 663. The van der Waals surface area contributed by atoms with Gasteiger partial charge in [-0.3, -0.25) is 19.6 Å². The Kier molecular flexibility index (Phi) is 6.14. The second-order valence-corrected chi connectivity index (χ2v) is 6.30. The Morgan fingerprint density at radius 1 is 1.16 bits per heavy atom. The van der Waals surface area contributed by atoms with Gasteiger partial charge in [-0.15, -0.1) is 0 Å². The number of aryl methyl sites for hydroxylation is 1. The molecule has 134 valence electrons. The molecule has 25 heavy (non-hydrogen) atoms. The second kappa shape index (κ2) is 8.73. The van der Waals surface area contributed by atoms with Crippen LogP contribution < -0.4 is 5.32 Å². The van der Waals surface area contributed by atoms with Crippen molar-refractivity contribution in [2.75, 3.05) is 44.6 Å². The van der Waals surface area contributed by atoms with E-state index in [-0.39, 0.29) is 5.91 Å². The number of piperazine rings is 1. The molecule has 0 aliphatic carbocycles. The van der Waals surface area contributed by atoms with Crippen LogP contribution >= 0.6 is 0 Å². The van der Waals surface area contributed by atoms with Gasteiger partial charge in [-0.1, -0.05) is 6.92 Å². The second-order valence-electron chi connectivity index (χ2n) is 6.30. The van der Waals surface area contributed by atoms with Crippen molar-refractivity contribution in [2.45, 2.75) is 19.9 Å². The van der Waals surface area contributed by atoms with Crippen LogP contribution in [0.2, 0.25) is 0 Å². The van der Waals surface area contributed by atoms with E-state index in [4.69, 9.17) is 0 Å². The number of hydrogen-bond acceptors (Lipinski definition) is 5. The lowest BCUT2D eigenvalue weighted by atomic mass is 10.3. The molecule has 1 aliphatic heterocycles. The van der Waals surface area contributed by atoms with Crippen LogP contribution in [-0.2, 0) is 17.8 Å². The Balaban J connectivity index is 1.37. The van der Waals surface area contributed by atoms with Gasteiger partial charge in [0.2, 0.25) is 5.91 Å². The maximum absolute atomic E-state index is 12.1. The van der Waals surface area contributed by atoms with Crippen LogP contribution in [0.15, 0.2) is 36.9 Å². The minimum Gasteiger partial charge on any atom is -0.334 e. The number of carbonyl (C=O) groups is 1. The molecule has 0 saturated carbocycles. The molecule has 1 fully saturated rings. The fourth-order valence-electron chi connectivity index (χ4n) is 3.12. The van der Waals surface area contributed by atoms with Gasteiger partial charge in [0.05, 0.1) is 18.4 Å². The number of rotatable bonds is 7. The fraction of sp³-hybridized carbons (Fsp3) is 0.500. The van der Waals surface area contributed by atoms with Crippen LogP contribution in [0.25, 0.3) is 0 Å². The van der Waals surface area contributed by atoms with Crippen molar-refractivity contribution in [2.24, 2.45) is 0 Å². The Labute approximate surface area is 148 Å². The van der Waals surface area contributed by atoms with Gasteiger partial charge in [0.25, 0.3) is 0 Å². The van der Waals surface area contributed by atoms with E-state index in [0.717, 1.165) is 57.2 Å². The molecule has 1 amide bonds. The Morgan fingerprint density at radius 3 is 2.68 bits per heavy atom. The third-order valence-electron chi connectivity index (χ3n) is 4.55. The highest BCUT2D eigenvalue weighted by molar-refractivity contribution is 5.92. The normalized spacial score (nSPS) is 16.0. The van der Waals surface area contributed by atoms with Gasteiger partial charge in [0.1, 0.15) is 5.82 Å². The smallest absolute Gasteiger partial charge is 0.238 e. The number of nitrogens with one attached hydrogen (secondary N) is 1. The molecule has 1 N–H and O–H groups in total. The third kappa shape index (κ3) is 5.11. The number of hydrogen-bond donors (Lipinski definition) is 1. The zero-order valence-corrected chi connectivity index (χ0v) is 14.8. The lowest BCUT2D eigenvalue weighted by molar-refractivity contribution is -0.117. The molecule has 0 spiro atoms. The topological polar surface area (TPSA) is 66.3 Å². The number of nitrogens with zero attached hydrogens (tertiary/aromatic N) is 5. The highest BCUT2D eigenvalue weighted by Crippen LogP contribution is 2.06. The molecule has 0 atom stereocenters. The quantitative estimate of drug-likeness (QED) is 0.816. The van der Waals surface area contributed by atoms with Crippen molar-refractivity contribution in [1.82, 2.24) is 24.3 Å². The number of carbonyl (C=O) groups excluding carboxylic acids is 1. The SMILES string of the molecule is CCc1nccn1CCN1CCN(CC(=O)Nc2cccnc2)CC1. The largest absolute Gasteiger partial charge is 0.334 e. The molecule has 0 radical (unpaired) electrons. The van der Waals surface area contributed by atoms with Gasteiger partial charge in [0.15, 0.2) is 0 Å². The highest BCUT2D eigenvalue weighted by atomic mass is 16.2. The number of imidazole rings is 1. The first-order chi connectivity index (χ1) is 12.2. The number of aromatic nitrogens is 3. The molecule has 1 saturated heterocycles. The summed E-state index contributed by atoms with van der Waals surface area (Å²) in [5.74, 6) is 1.16. The summed E-state index contributed by atoms with van der Waals surface area (Å²) in [5.41, 5.74) is 0.748. The number of anilines is 1. The molecule has 7 heteroatoms. The zero-order valence-electron chi connectivity index (χ0n) is 14.8. The van der Waals surface area contributed by atoms with Gasteiger partial charge in [-0.05, 0) is 12.1 Å². The van der Waals surface area contributed by atoms with Crippen molar-refractivity contribution in [3.05, 3.63) is 42.7 Å². The average molecular weight is 342 g/mol. The molecule has 3 rings (SSSR count). The molecular weight excluding hydrogens is 316 g/mol. The van der Waals surface area contributed by atoms with Crippen LogP contribution in [0.1, 0.15) is 12.7 Å². The lowest BCUT2D eigenvalue weighted by Gasteiger charge is -2.34. The van der Waals surface area contributed by atoms with E-state index < -0.39 is 0 Å². The minimum atomic E-state index is 0.0208. The first-order valence-corrected chi connectivity index (χ1v) is 8.89. The Morgan fingerprint density at radius 2 is 1.96 bits per heavy atom. The standard InChI is InChI=1S/C18H26N6O/c1-2-17-20-6-7-24(17)13-12-22-8-10-23(11-9-22)15-18(25)21-16-4-3-5-19-14-16/h3-7,14H,2,8-13,15H2,1H3,(H,21,25). The lowest BCUT2D eigenvalue weighted by Crippen LogP contribution is -2.49. The van der Waals surface area contributed by atoms with Crippen molar-refractivity contribution < 1.29 is 4.79 Å². The van der Waals surface area contributed by atoms with E-state index in [1.165, 1.54) is 0 Å². The first-order valence-electron chi connectivity index (χ1n) is 8.89. The monoisotopic (exact) mass is 342 g/mol. The predicted octanol–water partition coefficient (Wildman–Crippen LogP) is 1.10. The molecule has 1 aliphatic rings. The van der Waals surface area contributed by atoms with Crippen molar-refractivity contribution in [1.29, 1.82) is 0 Å². The summed E-state index contributed by atoms with van der Waals surface area (Å²) in [6.07, 6.45) is 8.25. The maximum Gasteiger partial charge on any atom is 0.238 e. The van der Waals surface area contributed by atoms with E-state index in [9.17, 15) is 4.79 Å². The molecule has 7 nitrogen and oxygen atoms in total. The van der Waals surface area contributed by atoms with Crippen LogP contribution in [0.4, 0.5) is 5.69 Å². The van der Waals surface area contributed by atoms with Crippen LogP contribution in [0.3, 0.4) is 0 Å². The minimum absolute atomic E-state index is 0.0208. The zero-order chi connectivity index (χ0) is 17.5. The number of pyridine rings is 1. The molecular formula is C18H26N6O. The van der Waals surface area contributed by atoms with E-state index in [2.05, 4.69) is 42.8 Å². The van der Waals surface area contributed by atoms with Gasteiger partial charge in [0, 0.05) is 64.3 Å². The summed E-state index contributed by atoms with van der Waals surface area (Å²) < 4.78 is 2.23. The molecule has 0 bridgehead atoms. The molecule has 2 aromatic heterocycles. The fourth-order valence-corrected chi connectivity index (χ4v) is 3.12. The van der Waals surface area contributed by atoms with E-state index in [0.29, 0.717) is 6.54 Å². The van der Waals surface area contributed by atoms with E-state index >= 15 is 0 Å². The van der Waals surface area contributed by atoms with Crippen molar-refractivity contribution >= 4 is 11.6 Å². The van der Waals surface area contributed by atoms with Gasteiger partial charge < -0.3 is 9.88 Å². The van der Waals surface area contributed by atoms with E-state index in [1.807, 2.05) is 18.3 Å². The van der Waals surface area contributed by atoms with Crippen LogP contribution in [0.5, 0.6) is 0 Å². The highest BCUT2D eigenvalue weighted by Gasteiger charge is 2.19. The third-order valence-corrected chi connectivity index (χ3v) is 4.55. The maximum atomic E-state index is 12.1. The molecule has 0 aromatic carbocycles. The average Bonchev–Trinajstić information content (AvgIpc) is 3.09. The predicted molar refractivity (Wildman–Crippen MR) is 97.4 cm³/mol. The van der Waals surface area contributed by atoms with Crippen molar-refractivity contribution in [3.63, 3.8) is 0 Å². The van der Waals surface area contributed by atoms with Crippen LogP contribution in [0, 0.1) is 0 Å². The van der Waals surface area contributed by atoms with Gasteiger partial charge in [-0.2, -0.15) is 0 Å². The van der Waals surface area contributed by atoms with Gasteiger partial charge in [-0.25, -0.2) is 4.98 Å². The van der Waals surface area contributed by atoms with E-state index in [1.54, 1.807) is 12.4 Å². The molecule has 3 heterocycles. The van der Waals surface area contributed by atoms with Crippen LogP contribution in [-0.4, -0.2) is 69.5 Å². The molecule has 0 unspecified atom stereocenters. The summed E-state index contributed by atoms with van der Waals surface area (Å²) in [4.78, 5) is 25.1. The van der Waals surface area contributed by atoms with Crippen molar-refractivity contribution in [3.8, 4) is 0 Å². The summed E-state index contributed by atoms with van der Waals surface area (Å²) in [5, 5.41) is 2.89. The summed E-state index contributed by atoms with van der Waals surface area (Å²) >= 11 is 0. The molecule has 2 aromatic rings. The Hall–Kier alpha value is -2.25. The summed E-state index contributed by atoms with van der Waals surface area (Å²) in [6.45, 7) is 8.41.